The lowest BCUT2D eigenvalue weighted by atomic mass is 9.46. The third-order valence-electron chi connectivity index (χ3n) is 10.6. The number of aliphatic hydroxyl groups excluding tert-OH is 3. The molecule has 0 saturated heterocycles. The third kappa shape index (κ3) is 3.61. The van der Waals surface area contributed by atoms with E-state index in [4.69, 9.17) is 0 Å². The summed E-state index contributed by atoms with van der Waals surface area (Å²) >= 11 is 0. The second kappa shape index (κ2) is 8.52. The van der Waals surface area contributed by atoms with E-state index in [1.807, 2.05) is 0 Å². The molecule has 4 rings (SSSR count). The minimum atomic E-state index is -0.394. The fraction of sp³-hybridized carbons (Fsp3) is 0.926. The molecule has 0 aromatic rings. The highest BCUT2D eigenvalue weighted by atomic mass is 16.3. The van der Waals surface area contributed by atoms with E-state index in [0.717, 1.165) is 37.0 Å². The highest BCUT2D eigenvalue weighted by molar-refractivity contribution is 5.27. The lowest BCUT2D eigenvalue weighted by molar-refractivity contribution is -0.108. The first-order chi connectivity index (χ1) is 14.2. The number of allylic oxidation sites excluding steroid dienone is 1. The van der Waals surface area contributed by atoms with Crippen molar-refractivity contribution in [2.75, 3.05) is 6.61 Å². The Kier molecular flexibility index (Phi) is 6.48. The number of rotatable bonds is 6. The van der Waals surface area contributed by atoms with Crippen molar-refractivity contribution in [2.24, 2.45) is 46.3 Å². The van der Waals surface area contributed by atoms with Gasteiger partial charge in [0.1, 0.15) is 0 Å². The van der Waals surface area contributed by atoms with Crippen molar-refractivity contribution in [3.8, 4) is 0 Å². The van der Waals surface area contributed by atoms with Crippen LogP contribution in [0.2, 0.25) is 0 Å². The second-order valence-corrected chi connectivity index (χ2v) is 12.2. The third-order valence-corrected chi connectivity index (χ3v) is 10.6. The average molecular weight is 419 g/mol. The van der Waals surface area contributed by atoms with Crippen molar-refractivity contribution in [2.45, 2.75) is 104 Å². The van der Waals surface area contributed by atoms with Crippen molar-refractivity contribution in [3.05, 3.63) is 11.6 Å². The molecule has 3 nitrogen and oxygen atoms in total. The van der Waals surface area contributed by atoms with Gasteiger partial charge in [0.05, 0.1) is 12.2 Å². The maximum atomic E-state index is 11.1. The summed E-state index contributed by atoms with van der Waals surface area (Å²) in [7, 11) is 0. The quantitative estimate of drug-likeness (QED) is 0.511. The Balaban J connectivity index is 1.48. The van der Waals surface area contributed by atoms with E-state index in [1.54, 1.807) is 0 Å². The smallest absolute Gasteiger partial charge is 0.0658 e. The molecule has 0 aromatic carbocycles. The van der Waals surface area contributed by atoms with Crippen LogP contribution in [0.5, 0.6) is 0 Å². The molecule has 0 amide bonds. The SMILES string of the molecule is C[C@@H](CO)CCC[C@@H](C)[C@H]1CC[C@H]2[C@@H]3CC=C4CC(O)C[C@@H](O)[C@]4(C)[C@H]3CC[C@]12C. The fourth-order valence-corrected chi connectivity index (χ4v) is 8.76. The Hall–Kier alpha value is -0.380. The van der Waals surface area contributed by atoms with Crippen LogP contribution in [0.1, 0.15) is 91.9 Å². The van der Waals surface area contributed by atoms with Gasteiger partial charge in [0, 0.05) is 18.4 Å². The first-order valence-corrected chi connectivity index (χ1v) is 12.9. The van der Waals surface area contributed by atoms with Gasteiger partial charge in [0.2, 0.25) is 0 Å². The van der Waals surface area contributed by atoms with Crippen molar-refractivity contribution in [1.29, 1.82) is 0 Å². The number of hydrogen-bond acceptors (Lipinski definition) is 3. The molecule has 4 aliphatic rings. The zero-order chi connectivity index (χ0) is 21.7. The summed E-state index contributed by atoms with van der Waals surface area (Å²) in [6, 6.07) is 0. The molecule has 1 unspecified atom stereocenters. The van der Waals surface area contributed by atoms with Crippen LogP contribution in [-0.4, -0.2) is 34.1 Å². The summed E-state index contributed by atoms with van der Waals surface area (Å²) < 4.78 is 0. The van der Waals surface area contributed by atoms with Crippen LogP contribution in [0, 0.1) is 46.3 Å². The molecule has 3 saturated carbocycles. The van der Waals surface area contributed by atoms with Gasteiger partial charge in [-0.1, -0.05) is 52.2 Å². The molecule has 0 spiro atoms. The first-order valence-electron chi connectivity index (χ1n) is 12.9. The van der Waals surface area contributed by atoms with Crippen LogP contribution in [-0.2, 0) is 0 Å². The Morgan fingerprint density at radius 2 is 1.83 bits per heavy atom. The molecule has 0 aromatic heterocycles. The number of hydrogen-bond donors (Lipinski definition) is 3. The molecule has 0 bridgehead atoms. The van der Waals surface area contributed by atoms with Gasteiger partial charge in [-0.3, -0.25) is 0 Å². The van der Waals surface area contributed by atoms with Gasteiger partial charge in [-0.15, -0.1) is 0 Å². The largest absolute Gasteiger partial charge is 0.396 e. The monoisotopic (exact) mass is 418 g/mol. The zero-order valence-electron chi connectivity index (χ0n) is 19.8. The van der Waals surface area contributed by atoms with E-state index < -0.39 is 6.10 Å². The maximum absolute atomic E-state index is 11.1. The van der Waals surface area contributed by atoms with E-state index in [9.17, 15) is 15.3 Å². The van der Waals surface area contributed by atoms with Gasteiger partial charge in [0.25, 0.3) is 0 Å². The summed E-state index contributed by atoms with van der Waals surface area (Å²) in [6.07, 6.45) is 13.1. The first kappa shape index (κ1) is 22.8. The lowest BCUT2D eigenvalue weighted by Crippen LogP contribution is -2.55. The number of fused-ring (bicyclic) bond motifs is 5. The highest BCUT2D eigenvalue weighted by Crippen LogP contribution is 2.67. The molecular formula is C27H46O3. The molecule has 0 aliphatic heterocycles. The predicted molar refractivity (Wildman–Crippen MR) is 122 cm³/mol. The van der Waals surface area contributed by atoms with Gasteiger partial charge in [-0.2, -0.15) is 0 Å². The van der Waals surface area contributed by atoms with Gasteiger partial charge in [-0.25, -0.2) is 0 Å². The molecule has 3 N–H and O–H groups in total. The molecule has 10 atom stereocenters. The van der Waals surface area contributed by atoms with E-state index in [0.29, 0.717) is 36.2 Å². The van der Waals surface area contributed by atoms with E-state index in [1.165, 1.54) is 44.1 Å². The summed E-state index contributed by atoms with van der Waals surface area (Å²) in [5.74, 6) is 4.09. The van der Waals surface area contributed by atoms with Gasteiger partial charge < -0.3 is 15.3 Å². The zero-order valence-corrected chi connectivity index (χ0v) is 19.8. The highest BCUT2D eigenvalue weighted by Gasteiger charge is 2.60. The minimum absolute atomic E-state index is 0.117. The second-order valence-electron chi connectivity index (χ2n) is 12.2. The molecule has 172 valence electrons. The summed E-state index contributed by atoms with van der Waals surface area (Å²) in [5, 5.41) is 30.6. The lowest BCUT2D eigenvalue weighted by Gasteiger charge is -2.59. The Morgan fingerprint density at radius 1 is 1.07 bits per heavy atom. The van der Waals surface area contributed by atoms with Crippen LogP contribution in [0.15, 0.2) is 11.6 Å². The van der Waals surface area contributed by atoms with E-state index in [2.05, 4.69) is 33.8 Å². The van der Waals surface area contributed by atoms with Gasteiger partial charge in [0.15, 0.2) is 0 Å². The van der Waals surface area contributed by atoms with Crippen LogP contribution >= 0.6 is 0 Å². The maximum Gasteiger partial charge on any atom is 0.0658 e. The van der Waals surface area contributed by atoms with E-state index >= 15 is 0 Å². The number of aliphatic hydroxyl groups is 3. The van der Waals surface area contributed by atoms with Crippen molar-refractivity contribution < 1.29 is 15.3 Å². The predicted octanol–water partition coefficient (Wildman–Crippen LogP) is 5.33. The van der Waals surface area contributed by atoms with Crippen LogP contribution in [0.3, 0.4) is 0 Å². The standard InChI is InChI=1S/C27H46O3/c1-17(16-28)6-5-7-18(2)22-10-11-23-21-9-8-19-14-20(29)15-25(30)27(19,4)24(21)12-13-26(22,23)3/h8,17-18,20-25,28-30H,5-7,9-16H2,1-4H3/t17-,18-,20?,21+,22-,23+,24+,25-,26-,27+/m1/s1. The summed E-state index contributed by atoms with van der Waals surface area (Å²) in [6.45, 7) is 9.87. The minimum Gasteiger partial charge on any atom is -0.396 e. The molecule has 0 radical (unpaired) electrons. The molecule has 30 heavy (non-hydrogen) atoms. The topological polar surface area (TPSA) is 60.7 Å². The summed E-state index contributed by atoms with van der Waals surface area (Å²) in [4.78, 5) is 0. The Morgan fingerprint density at radius 3 is 2.57 bits per heavy atom. The van der Waals surface area contributed by atoms with Crippen molar-refractivity contribution in [1.82, 2.24) is 0 Å². The van der Waals surface area contributed by atoms with Crippen LogP contribution in [0.4, 0.5) is 0 Å². The van der Waals surface area contributed by atoms with Crippen molar-refractivity contribution >= 4 is 0 Å². The molecule has 3 heteroatoms. The average Bonchev–Trinajstić information content (AvgIpc) is 3.06. The molecule has 3 fully saturated rings. The fourth-order valence-electron chi connectivity index (χ4n) is 8.76. The van der Waals surface area contributed by atoms with Gasteiger partial charge >= 0.3 is 0 Å². The van der Waals surface area contributed by atoms with E-state index in [-0.39, 0.29) is 11.5 Å². The molecular weight excluding hydrogens is 372 g/mol. The summed E-state index contributed by atoms with van der Waals surface area (Å²) in [5.41, 5.74) is 1.68. The van der Waals surface area contributed by atoms with Crippen LogP contribution in [0.25, 0.3) is 0 Å². The molecule has 0 heterocycles. The normalized spacial score (nSPS) is 47.6. The molecule has 4 aliphatic carbocycles. The Labute approximate surface area is 184 Å². The van der Waals surface area contributed by atoms with Crippen LogP contribution < -0.4 is 0 Å². The van der Waals surface area contributed by atoms with Gasteiger partial charge in [-0.05, 0) is 85.9 Å². The Bertz CT molecular complexity index is 644. The van der Waals surface area contributed by atoms with Crippen molar-refractivity contribution in [3.63, 3.8) is 0 Å².